The maximum Gasteiger partial charge on any atom is 0.140 e. The van der Waals surface area contributed by atoms with Crippen molar-refractivity contribution in [3.8, 4) is 5.75 Å². The van der Waals surface area contributed by atoms with Gasteiger partial charge in [-0.2, -0.15) is 0 Å². The number of nitrogens with zero attached hydrogens (tertiary/aromatic N) is 1. The van der Waals surface area contributed by atoms with Gasteiger partial charge in [0.1, 0.15) is 17.4 Å². The molecule has 0 amide bonds. The van der Waals surface area contributed by atoms with E-state index in [1.807, 2.05) is 37.4 Å². The third-order valence-electron chi connectivity index (χ3n) is 3.49. The number of hydrogen-bond donors (Lipinski definition) is 1. The van der Waals surface area contributed by atoms with E-state index in [9.17, 15) is 0 Å². The summed E-state index contributed by atoms with van der Waals surface area (Å²) in [5, 5.41) is 4.24. The number of ether oxygens (including phenoxy) is 1. The highest BCUT2D eigenvalue weighted by Crippen LogP contribution is 2.24. The molecule has 0 radical (unpaired) electrons. The minimum absolute atomic E-state index is 0.316. The van der Waals surface area contributed by atoms with Crippen LogP contribution in [0.5, 0.6) is 5.75 Å². The molecule has 2 aromatic carbocycles. The fourth-order valence-corrected chi connectivity index (χ4v) is 3.05. The van der Waals surface area contributed by atoms with Gasteiger partial charge in [0.2, 0.25) is 0 Å². The van der Waals surface area contributed by atoms with Crippen molar-refractivity contribution in [2.75, 3.05) is 7.05 Å². The van der Waals surface area contributed by atoms with Crippen molar-refractivity contribution < 1.29 is 4.74 Å². The van der Waals surface area contributed by atoms with Gasteiger partial charge >= 0.3 is 0 Å². The van der Waals surface area contributed by atoms with E-state index in [-0.39, 0.29) is 0 Å². The number of aromatic nitrogens is 1. The van der Waals surface area contributed by atoms with Crippen molar-refractivity contribution in [3.05, 3.63) is 59.1 Å². The van der Waals surface area contributed by atoms with Crippen molar-refractivity contribution in [1.82, 2.24) is 10.3 Å². The molecule has 0 fully saturated rings. The Bertz CT molecular complexity index is 705. The first-order chi connectivity index (χ1) is 10.3. The van der Waals surface area contributed by atoms with Crippen LogP contribution in [0.2, 0.25) is 0 Å². The van der Waals surface area contributed by atoms with Gasteiger partial charge in [0, 0.05) is 6.04 Å². The maximum absolute atomic E-state index is 5.88. The zero-order chi connectivity index (χ0) is 14.7. The number of hydrogen-bond acceptors (Lipinski definition) is 4. The molecule has 0 aliphatic heterocycles. The summed E-state index contributed by atoms with van der Waals surface area (Å²) in [6, 6.07) is 16.7. The predicted octanol–water partition coefficient (Wildman–Crippen LogP) is 4.16. The second-order valence-corrected chi connectivity index (χ2v) is 6.06. The molecule has 4 heteroatoms. The standard InChI is InChI=1S/C17H18N2OS/c1-12(18-2)13-6-5-7-14(10-13)20-11-17-19-15-8-3-4-9-16(15)21-17/h3-10,12,18H,11H2,1-2H3. The van der Waals surface area contributed by atoms with E-state index in [2.05, 4.69) is 35.4 Å². The fourth-order valence-electron chi connectivity index (χ4n) is 2.17. The summed E-state index contributed by atoms with van der Waals surface area (Å²) >= 11 is 1.68. The van der Waals surface area contributed by atoms with Crippen molar-refractivity contribution in [3.63, 3.8) is 0 Å². The van der Waals surface area contributed by atoms with Crippen LogP contribution in [0.4, 0.5) is 0 Å². The molecule has 1 heterocycles. The molecule has 0 aliphatic rings. The highest BCUT2D eigenvalue weighted by atomic mass is 32.1. The molecule has 3 aromatic rings. The normalized spacial score (nSPS) is 12.5. The molecule has 1 unspecified atom stereocenters. The number of rotatable bonds is 5. The van der Waals surface area contributed by atoms with E-state index in [0.29, 0.717) is 12.6 Å². The molecule has 0 spiro atoms. The Morgan fingerprint density at radius 1 is 1.19 bits per heavy atom. The van der Waals surface area contributed by atoms with Crippen LogP contribution in [-0.2, 0) is 6.61 Å². The molecule has 108 valence electrons. The molecule has 1 aromatic heterocycles. The molecule has 0 saturated heterocycles. The smallest absolute Gasteiger partial charge is 0.140 e. The summed E-state index contributed by atoms with van der Waals surface area (Å²) in [6.45, 7) is 2.64. The fraction of sp³-hybridized carbons (Fsp3) is 0.235. The lowest BCUT2D eigenvalue weighted by Gasteiger charge is -2.12. The Balaban J connectivity index is 1.72. The third-order valence-corrected chi connectivity index (χ3v) is 4.50. The van der Waals surface area contributed by atoms with E-state index in [1.54, 1.807) is 11.3 Å². The van der Waals surface area contributed by atoms with Gasteiger partial charge in [-0.15, -0.1) is 11.3 Å². The predicted molar refractivity (Wildman–Crippen MR) is 87.9 cm³/mol. The number of para-hydroxylation sites is 1. The second kappa shape index (κ2) is 6.24. The molecule has 21 heavy (non-hydrogen) atoms. The number of benzene rings is 2. The Morgan fingerprint density at radius 3 is 2.86 bits per heavy atom. The molecular formula is C17H18N2OS. The first-order valence-electron chi connectivity index (χ1n) is 7.01. The lowest BCUT2D eigenvalue weighted by molar-refractivity contribution is 0.305. The van der Waals surface area contributed by atoms with Crippen LogP contribution < -0.4 is 10.1 Å². The number of fused-ring (bicyclic) bond motifs is 1. The average Bonchev–Trinajstić information content (AvgIpc) is 2.95. The highest BCUT2D eigenvalue weighted by Gasteiger charge is 2.06. The van der Waals surface area contributed by atoms with Gasteiger partial charge in [0.15, 0.2) is 0 Å². The van der Waals surface area contributed by atoms with Gasteiger partial charge in [0.25, 0.3) is 0 Å². The van der Waals surface area contributed by atoms with Gasteiger partial charge in [-0.1, -0.05) is 24.3 Å². The van der Waals surface area contributed by atoms with Crippen LogP contribution >= 0.6 is 11.3 Å². The zero-order valence-corrected chi connectivity index (χ0v) is 13.0. The first-order valence-corrected chi connectivity index (χ1v) is 7.82. The monoisotopic (exact) mass is 298 g/mol. The quantitative estimate of drug-likeness (QED) is 0.768. The van der Waals surface area contributed by atoms with Crippen molar-refractivity contribution >= 4 is 21.6 Å². The van der Waals surface area contributed by atoms with Gasteiger partial charge in [-0.25, -0.2) is 4.98 Å². The Hall–Kier alpha value is -1.91. The van der Waals surface area contributed by atoms with Gasteiger partial charge in [-0.05, 0) is 43.8 Å². The van der Waals surface area contributed by atoms with Crippen LogP contribution in [0.3, 0.4) is 0 Å². The van der Waals surface area contributed by atoms with Crippen molar-refractivity contribution in [2.24, 2.45) is 0 Å². The van der Waals surface area contributed by atoms with Crippen LogP contribution in [0.1, 0.15) is 23.5 Å². The molecule has 0 bridgehead atoms. The first kappa shape index (κ1) is 14.0. The van der Waals surface area contributed by atoms with E-state index in [4.69, 9.17) is 4.74 Å². The second-order valence-electron chi connectivity index (χ2n) is 4.95. The van der Waals surface area contributed by atoms with Crippen LogP contribution in [0.15, 0.2) is 48.5 Å². The topological polar surface area (TPSA) is 34.1 Å². The molecule has 3 rings (SSSR count). The van der Waals surface area contributed by atoms with Crippen molar-refractivity contribution in [2.45, 2.75) is 19.6 Å². The lowest BCUT2D eigenvalue weighted by Crippen LogP contribution is -2.12. The maximum atomic E-state index is 5.88. The van der Waals surface area contributed by atoms with Crippen molar-refractivity contribution in [1.29, 1.82) is 0 Å². The van der Waals surface area contributed by atoms with Crippen LogP contribution in [-0.4, -0.2) is 12.0 Å². The molecule has 3 nitrogen and oxygen atoms in total. The highest BCUT2D eigenvalue weighted by molar-refractivity contribution is 7.18. The Morgan fingerprint density at radius 2 is 2.05 bits per heavy atom. The molecule has 1 N–H and O–H groups in total. The van der Waals surface area contributed by atoms with E-state index in [1.165, 1.54) is 10.3 Å². The average molecular weight is 298 g/mol. The summed E-state index contributed by atoms with van der Waals surface area (Å²) < 4.78 is 7.08. The summed E-state index contributed by atoms with van der Waals surface area (Å²) in [5.41, 5.74) is 2.26. The van der Waals surface area contributed by atoms with E-state index >= 15 is 0 Å². The molecule has 1 atom stereocenters. The van der Waals surface area contributed by atoms with Gasteiger partial charge in [0.05, 0.1) is 10.2 Å². The Kier molecular flexibility index (Phi) is 4.18. The number of nitrogens with one attached hydrogen (secondary N) is 1. The van der Waals surface area contributed by atoms with E-state index in [0.717, 1.165) is 16.3 Å². The van der Waals surface area contributed by atoms with Gasteiger partial charge in [-0.3, -0.25) is 0 Å². The number of thiazole rings is 1. The summed E-state index contributed by atoms with van der Waals surface area (Å²) in [6.07, 6.45) is 0. The van der Waals surface area contributed by atoms with Gasteiger partial charge < -0.3 is 10.1 Å². The Labute approximate surface area is 128 Å². The largest absolute Gasteiger partial charge is 0.486 e. The summed E-state index contributed by atoms with van der Waals surface area (Å²) in [7, 11) is 1.96. The minimum atomic E-state index is 0.316. The summed E-state index contributed by atoms with van der Waals surface area (Å²) in [5.74, 6) is 0.883. The van der Waals surface area contributed by atoms with Crippen LogP contribution in [0.25, 0.3) is 10.2 Å². The SMILES string of the molecule is CNC(C)c1cccc(OCc2nc3ccccc3s2)c1. The van der Waals surface area contributed by atoms with E-state index < -0.39 is 0 Å². The zero-order valence-electron chi connectivity index (χ0n) is 12.2. The lowest BCUT2D eigenvalue weighted by atomic mass is 10.1. The third kappa shape index (κ3) is 3.23. The van der Waals surface area contributed by atoms with Crippen LogP contribution in [0, 0.1) is 0 Å². The molecule has 0 aliphatic carbocycles. The summed E-state index contributed by atoms with van der Waals surface area (Å²) in [4.78, 5) is 4.58. The molecular weight excluding hydrogens is 280 g/mol. The molecule has 0 saturated carbocycles. The minimum Gasteiger partial charge on any atom is -0.486 e.